The standard InChI is InChI=1S/C17H24ClN5O2.2ClH/c1-19-16(12-10-20-23(4)11-12)17(24)21-13-5-6-15(14(18)9-13)25-8-7-22(2)3;;/h5-6,9-11,16,19H,7-8H2,1-4H3,(H,21,24);2*1H. The van der Waals surface area contributed by atoms with E-state index in [4.69, 9.17) is 16.3 Å². The molecule has 0 saturated carbocycles. The molecule has 0 fully saturated rings. The Bertz CT molecular complexity index is 724. The number of hydrogen-bond acceptors (Lipinski definition) is 5. The Morgan fingerprint density at radius 3 is 2.59 bits per heavy atom. The van der Waals surface area contributed by atoms with Crippen molar-refractivity contribution < 1.29 is 9.53 Å². The Morgan fingerprint density at radius 1 is 1.37 bits per heavy atom. The SMILES string of the molecule is CNC(C(=O)Nc1ccc(OCCN(C)C)c(Cl)c1)c1cnn(C)c1.Cl.Cl. The maximum atomic E-state index is 12.5. The number of halogens is 3. The highest BCUT2D eigenvalue weighted by molar-refractivity contribution is 6.32. The first-order valence-corrected chi connectivity index (χ1v) is 8.32. The Hall–Kier alpha value is -1.51. The Labute approximate surface area is 177 Å². The van der Waals surface area contributed by atoms with E-state index in [-0.39, 0.29) is 30.7 Å². The minimum Gasteiger partial charge on any atom is -0.491 e. The molecule has 7 nitrogen and oxygen atoms in total. The van der Waals surface area contributed by atoms with Gasteiger partial charge < -0.3 is 20.3 Å². The van der Waals surface area contributed by atoms with Crippen LogP contribution in [0.15, 0.2) is 30.6 Å². The van der Waals surface area contributed by atoms with Gasteiger partial charge in [-0.1, -0.05) is 11.6 Å². The zero-order chi connectivity index (χ0) is 18.4. The van der Waals surface area contributed by atoms with Crippen molar-refractivity contribution in [3.8, 4) is 5.75 Å². The first-order valence-electron chi connectivity index (χ1n) is 7.94. The summed E-state index contributed by atoms with van der Waals surface area (Å²) in [5, 5.41) is 10.4. The largest absolute Gasteiger partial charge is 0.491 e. The van der Waals surface area contributed by atoms with E-state index in [0.29, 0.717) is 23.1 Å². The van der Waals surface area contributed by atoms with E-state index in [1.165, 1.54) is 0 Å². The van der Waals surface area contributed by atoms with E-state index < -0.39 is 6.04 Å². The molecule has 0 saturated heterocycles. The third kappa shape index (κ3) is 7.56. The fraction of sp³-hybridized carbons (Fsp3) is 0.412. The van der Waals surface area contributed by atoms with Crippen LogP contribution in [-0.2, 0) is 11.8 Å². The van der Waals surface area contributed by atoms with Crippen LogP contribution < -0.4 is 15.4 Å². The molecule has 1 atom stereocenters. The Morgan fingerprint density at radius 2 is 2.07 bits per heavy atom. The number of nitrogens with one attached hydrogen (secondary N) is 2. The van der Waals surface area contributed by atoms with Gasteiger partial charge in [-0.2, -0.15) is 5.10 Å². The van der Waals surface area contributed by atoms with E-state index in [1.54, 1.807) is 42.3 Å². The van der Waals surface area contributed by atoms with Gasteiger partial charge in [0.15, 0.2) is 0 Å². The van der Waals surface area contributed by atoms with Crippen molar-refractivity contribution in [1.82, 2.24) is 20.0 Å². The molecule has 27 heavy (non-hydrogen) atoms. The molecule has 152 valence electrons. The highest BCUT2D eigenvalue weighted by Gasteiger charge is 2.20. The normalized spacial score (nSPS) is 11.3. The lowest BCUT2D eigenvalue weighted by molar-refractivity contribution is -0.118. The van der Waals surface area contributed by atoms with Crippen molar-refractivity contribution in [2.75, 3.05) is 39.6 Å². The number of ether oxygens (including phenoxy) is 1. The number of amides is 1. The zero-order valence-corrected chi connectivity index (χ0v) is 18.1. The fourth-order valence-corrected chi connectivity index (χ4v) is 2.52. The van der Waals surface area contributed by atoms with Crippen molar-refractivity contribution in [1.29, 1.82) is 0 Å². The van der Waals surface area contributed by atoms with E-state index in [2.05, 4.69) is 15.7 Å². The van der Waals surface area contributed by atoms with Crippen LogP contribution in [-0.4, -0.2) is 54.9 Å². The van der Waals surface area contributed by atoms with E-state index in [9.17, 15) is 4.79 Å². The summed E-state index contributed by atoms with van der Waals surface area (Å²) in [6.07, 6.45) is 3.46. The summed E-state index contributed by atoms with van der Waals surface area (Å²) in [5.41, 5.74) is 1.40. The summed E-state index contributed by atoms with van der Waals surface area (Å²) < 4.78 is 7.30. The van der Waals surface area contributed by atoms with E-state index >= 15 is 0 Å². The first kappa shape index (κ1) is 25.5. The van der Waals surface area contributed by atoms with Gasteiger partial charge in [-0.15, -0.1) is 24.8 Å². The second kappa shape index (κ2) is 12.0. The van der Waals surface area contributed by atoms with Crippen molar-refractivity contribution in [2.45, 2.75) is 6.04 Å². The maximum Gasteiger partial charge on any atom is 0.246 e. The second-order valence-electron chi connectivity index (χ2n) is 5.96. The number of anilines is 1. The average Bonchev–Trinajstić information content (AvgIpc) is 2.96. The molecule has 1 heterocycles. The molecular formula is C17H26Cl3N5O2. The Balaban J connectivity index is 0.00000338. The summed E-state index contributed by atoms with van der Waals surface area (Å²) in [5.74, 6) is 0.409. The minimum absolute atomic E-state index is 0. The summed E-state index contributed by atoms with van der Waals surface area (Å²) in [4.78, 5) is 14.5. The van der Waals surface area contributed by atoms with Gasteiger partial charge in [0.2, 0.25) is 5.91 Å². The van der Waals surface area contributed by atoms with Gasteiger partial charge in [0, 0.05) is 31.0 Å². The average molecular weight is 439 g/mol. The molecule has 0 bridgehead atoms. The van der Waals surface area contributed by atoms with Gasteiger partial charge in [-0.05, 0) is 39.3 Å². The van der Waals surface area contributed by atoms with Crippen molar-refractivity contribution >= 4 is 48.0 Å². The molecule has 1 aromatic heterocycles. The minimum atomic E-state index is -0.497. The smallest absolute Gasteiger partial charge is 0.246 e. The maximum absolute atomic E-state index is 12.5. The topological polar surface area (TPSA) is 71.4 Å². The third-order valence-corrected chi connectivity index (χ3v) is 3.90. The Kier molecular flexibility index (Phi) is 11.4. The lowest BCUT2D eigenvalue weighted by Crippen LogP contribution is -2.30. The molecule has 10 heteroatoms. The summed E-state index contributed by atoms with van der Waals surface area (Å²) in [6.45, 7) is 1.34. The lowest BCUT2D eigenvalue weighted by Gasteiger charge is -2.16. The van der Waals surface area contributed by atoms with Crippen LogP contribution >= 0.6 is 36.4 Å². The molecule has 0 radical (unpaired) electrons. The summed E-state index contributed by atoms with van der Waals surface area (Å²) in [7, 11) is 7.49. The predicted octanol–water partition coefficient (Wildman–Crippen LogP) is 2.76. The van der Waals surface area contributed by atoms with E-state index in [1.807, 2.05) is 26.0 Å². The number of aromatic nitrogens is 2. The molecule has 0 aliphatic heterocycles. The molecule has 1 aromatic carbocycles. The number of likely N-dealkylation sites (N-methyl/N-ethyl adjacent to an activating group) is 2. The highest BCUT2D eigenvalue weighted by atomic mass is 35.5. The fourth-order valence-electron chi connectivity index (χ4n) is 2.29. The summed E-state index contributed by atoms with van der Waals surface area (Å²) >= 11 is 6.24. The van der Waals surface area contributed by atoms with Crippen LogP contribution in [0.4, 0.5) is 5.69 Å². The second-order valence-corrected chi connectivity index (χ2v) is 6.36. The number of nitrogens with zero attached hydrogens (tertiary/aromatic N) is 3. The molecule has 0 aliphatic carbocycles. The number of carbonyl (C=O) groups excluding carboxylic acids is 1. The molecule has 0 spiro atoms. The number of aryl methyl sites for hydroxylation is 1. The van der Waals surface area contributed by atoms with Crippen LogP contribution in [0.25, 0.3) is 0 Å². The molecule has 2 rings (SSSR count). The molecule has 2 aromatic rings. The monoisotopic (exact) mass is 437 g/mol. The van der Waals surface area contributed by atoms with Gasteiger partial charge in [0.05, 0.1) is 11.2 Å². The number of hydrogen-bond donors (Lipinski definition) is 2. The van der Waals surface area contributed by atoms with Crippen molar-refractivity contribution in [2.24, 2.45) is 7.05 Å². The van der Waals surface area contributed by atoms with Crippen molar-refractivity contribution in [3.05, 3.63) is 41.2 Å². The van der Waals surface area contributed by atoms with Crippen molar-refractivity contribution in [3.63, 3.8) is 0 Å². The summed E-state index contributed by atoms with van der Waals surface area (Å²) in [6, 6.07) is 4.71. The molecular weight excluding hydrogens is 413 g/mol. The van der Waals surface area contributed by atoms with Gasteiger partial charge >= 0.3 is 0 Å². The molecule has 2 N–H and O–H groups in total. The van der Waals surface area contributed by atoms with Crippen LogP contribution in [0.1, 0.15) is 11.6 Å². The van der Waals surface area contributed by atoms with Gasteiger partial charge in [-0.25, -0.2) is 0 Å². The van der Waals surface area contributed by atoms with Crippen LogP contribution in [0.3, 0.4) is 0 Å². The third-order valence-electron chi connectivity index (χ3n) is 3.60. The van der Waals surface area contributed by atoms with Gasteiger partial charge in [-0.3, -0.25) is 9.48 Å². The molecule has 1 amide bonds. The van der Waals surface area contributed by atoms with Crippen LogP contribution in [0.5, 0.6) is 5.75 Å². The number of benzene rings is 1. The molecule has 1 unspecified atom stereocenters. The van der Waals surface area contributed by atoms with Gasteiger partial charge in [0.1, 0.15) is 18.4 Å². The van der Waals surface area contributed by atoms with Gasteiger partial charge in [0.25, 0.3) is 0 Å². The highest BCUT2D eigenvalue weighted by Crippen LogP contribution is 2.28. The zero-order valence-electron chi connectivity index (χ0n) is 15.7. The first-order chi connectivity index (χ1) is 11.9. The number of carbonyl (C=O) groups is 1. The van der Waals surface area contributed by atoms with Crippen LogP contribution in [0, 0.1) is 0 Å². The van der Waals surface area contributed by atoms with E-state index in [0.717, 1.165) is 12.1 Å². The lowest BCUT2D eigenvalue weighted by atomic mass is 10.1. The van der Waals surface area contributed by atoms with Crippen LogP contribution in [0.2, 0.25) is 5.02 Å². The quantitative estimate of drug-likeness (QED) is 0.663. The number of rotatable bonds is 8. The molecule has 0 aliphatic rings. The predicted molar refractivity (Wildman–Crippen MR) is 114 cm³/mol.